The number of carbonyl (C=O) groups is 2. The lowest BCUT2D eigenvalue weighted by atomic mass is 10.1. The van der Waals surface area contributed by atoms with Crippen LogP contribution in [0.3, 0.4) is 0 Å². The van der Waals surface area contributed by atoms with Gasteiger partial charge in [0.25, 0.3) is 5.91 Å². The van der Waals surface area contributed by atoms with Crippen molar-refractivity contribution in [3.63, 3.8) is 0 Å². The van der Waals surface area contributed by atoms with Gasteiger partial charge in [-0.2, -0.15) is 0 Å². The molecule has 0 unspecified atom stereocenters. The number of aromatic amines is 1. The van der Waals surface area contributed by atoms with Crippen LogP contribution in [0.4, 0.5) is 10.7 Å². The standard InChI is InChI=1S/C28H24N10O3/c1-2-41-28(40)36-27-33-19-6-3-4-7-22(19)38(27)26-34-20-13-17(12-18(23(20)35-26)24-29-10-5-11-30-24)37-14-21(31-15-37)25(39)32-16-8-9-16/h3-7,10-16H,2,8-9H2,1H3,(H,32,39)(H,34,35)(H,33,36,40). The molecule has 1 fully saturated rings. The third kappa shape index (κ3) is 4.62. The zero-order valence-electron chi connectivity index (χ0n) is 21.9. The van der Waals surface area contributed by atoms with Gasteiger partial charge in [0.2, 0.25) is 11.9 Å². The average molecular weight is 549 g/mol. The van der Waals surface area contributed by atoms with Crippen molar-refractivity contribution >= 4 is 40.0 Å². The van der Waals surface area contributed by atoms with Crippen molar-refractivity contribution in [1.29, 1.82) is 0 Å². The normalized spacial score (nSPS) is 13.0. The van der Waals surface area contributed by atoms with Crippen molar-refractivity contribution in [2.75, 3.05) is 11.9 Å². The third-order valence-corrected chi connectivity index (χ3v) is 6.65. The molecule has 2 aromatic carbocycles. The van der Waals surface area contributed by atoms with Gasteiger partial charge in [-0.15, -0.1) is 0 Å². The molecule has 2 amide bonds. The molecule has 41 heavy (non-hydrogen) atoms. The van der Waals surface area contributed by atoms with Crippen molar-refractivity contribution < 1.29 is 14.3 Å². The quantitative estimate of drug-likeness (QED) is 0.270. The summed E-state index contributed by atoms with van der Waals surface area (Å²) in [5, 5.41) is 5.68. The van der Waals surface area contributed by atoms with Gasteiger partial charge in [-0.1, -0.05) is 12.1 Å². The number of nitrogens with zero attached hydrogens (tertiary/aromatic N) is 7. The number of carbonyl (C=O) groups excluding carboxylic acids is 2. The number of ether oxygens (including phenoxy) is 1. The number of para-hydroxylation sites is 2. The molecule has 13 nitrogen and oxygen atoms in total. The third-order valence-electron chi connectivity index (χ3n) is 6.65. The molecule has 0 aliphatic heterocycles. The summed E-state index contributed by atoms with van der Waals surface area (Å²) in [6.07, 6.45) is 7.98. The summed E-state index contributed by atoms with van der Waals surface area (Å²) in [5.74, 6) is 0.952. The minimum Gasteiger partial charge on any atom is -0.450 e. The number of amides is 2. The average Bonchev–Trinajstić information content (AvgIpc) is 3.35. The highest BCUT2D eigenvalue weighted by Crippen LogP contribution is 2.31. The molecule has 1 aliphatic carbocycles. The molecule has 3 N–H and O–H groups in total. The maximum Gasteiger partial charge on any atom is 0.413 e. The van der Waals surface area contributed by atoms with Crippen LogP contribution in [-0.2, 0) is 4.74 Å². The molecule has 7 rings (SSSR count). The highest BCUT2D eigenvalue weighted by atomic mass is 16.5. The number of aromatic nitrogens is 8. The Balaban J connectivity index is 1.37. The highest BCUT2D eigenvalue weighted by molar-refractivity contribution is 5.95. The van der Waals surface area contributed by atoms with E-state index >= 15 is 0 Å². The summed E-state index contributed by atoms with van der Waals surface area (Å²) in [5.41, 5.74) is 4.43. The van der Waals surface area contributed by atoms with Crippen molar-refractivity contribution in [1.82, 2.24) is 44.4 Å². The lowest BCUT2D eigenvalue weighted by Crippen LogP contribution is -2.25. The first-order valence-corrected chi connectivity index (χ1v) is 13.2. The molecule has 0 radical (unpaired) electrons. The minimum absolute atomic E-state index is 0.198. The fraction of sp³-hybridized carbons (Fsp3) is 0.179. The zero-order chi connectivity index (χ0) is 27.9. The Bertz CT molecular complexity index is 1920. The zero-order valence-corrected chi connectivity index (χ0v) is 21.9. The second-order valence-electron chi connectivity index (χ2n) is 9.54. The van der Waals surface area contributed by atoms with Crippen LogP contribution in [0.15, 0.2) is 67.4 Å². The second kappa shape index (κ2) is 9.86. The predicted octanol–water partition coefficient (Wildman–Crippen LogP) is 4.01. The summed E-state index contributed by atoms with van der Waals surface area (Å²) in [6.45, 7) is 1.95. The number of imidazole rings is 3. The summed E-state index contributed by atoms with van der Waals surface area (Å²) in [4.78, 5) is 51.0. The van der Waals surface area contributed by atoms with Crippen molar-refractivity contribution in [2.45, 2.75) is 25.8 Å². The minimum atomic E-state index is -0.623. The fourth-order valence-electron chi connectivity index (χ4n) is 4.60. The Kier molecular flexibility index (Phi) is 5.88. The van der Waals surface area contributed by atoms with Crippen LogP contribution in [0.5, 0.6) is 0 Å². The van der Waals surface area contributed by atoms with Crippen LogP contribution in [0, 0.1) is 0 Å². The van der Waals surface area contributed by atoms with Crippen LogP contribution in [-0.4, -0.2) is 63.7 Å². The van der Waals surface area contributed by atoms with Gasteiger partial charge in [0, 0.05) is 35.9 Å². The lowest BCUT2D eigenvalue weighted by molar-refractivity contribution is 0.0946. The molecule has 0 saturated heterocycles. The second-order valence-corrected chi connectivity index (χ2v) is 9.54. The fourth-order valence-corrected chi connectivity index (χ4v) is 4.60. The highest BCUT2D eigenvalue weighted by Gasteiger charge is 2.25. The summed E-state index contributed by atoms with van der Waals surface area (Å²) in [6, 6.07) is 13.3. The van der Waals surface area contributed by atoms with Crippen molar-refractivity contribution in [3.05, 3.63) is 73.1 Å². The Morgan fingerprint density at radius 1 is 1.07 bits per heavy atom. The van der Waals surface area contributed by atoms with Gasteiger partial charge in [0.1, 0.15) is 17.5 Å². The molecule has 4 aromatic heterocycles. The van der Waals surface area contributed by atoms with Crippen LogP contribution in [0.25, 0.3) is 45.1 Å². The summed E-state index contributed by atoms with van der Waals surface area (Å²) in [7, 11) is 0. The largest absolute Gasteiger partial charge is 0.450 e. The van der Waals surface area contributed by atoms with E-state index in [0.29, 0.717) is 39.6 Å². The number of benzene rings is 2. The van der Waals surface area contributed by atoms with E-state index in [1.54, 1.807) is 47.0 Å². The first-order valence-electron chi connectivity index (χ1n) is 13.2. The van der Waals surface area contributed by atoms with Gasteiger partial charge >= 0.3 is 6.09 Å². The molecule has 0 atom stereocenters. The van der Waals surface area contributed by atoms with Gasteiger partial charge in [-0.05, 0) is 50.1 Å². The topological polar surface area (TPSA) is 158 Å². The Labute approximate surface area is 232 Å². The van der Waals surface area contributed by atoms with E-state index in [1.807, 2.05) is 36.4 Å². The van der Waals surface area contributed by atoms with Crippen LogP contribution < -0.4 is 10.6 Å². The van der Waals surface area contributed by atoms with Crippen LogP contribution >= 0.6 is 0 Å². The Morgan fingerprint density at radius 2 is 1.90 bits per heavy atom. The maximum absolute atomic E-state index is 12.6. The van der Waals surface area contributed by atoms with Gasteiger partial charge in [0.05, 0.1) is 23.2 Å². The van der Waals surface area contributed by atoms with E-state index in [9.17, 15) is 9.59 Å². The Hall–Kier alpha value is -5.59. The molecule has 1 saturated carbocycles. The van der Waals surface area contributed by atoms with Crippen LogP contribution in [0.1, 0.15) is 30.3 Å². The molecule has 6 aromatic rings. The van der Waals surface area contributed by atoms with E-state index < -0.39 is 6.09 Å². The number of rotatable bonds is 7. The van der Waals surface area contributed by atoms with Gasteiger partial charge in [-0.25, -0.2) is 34.3 Å². The summed E-state index contributed by atoms with van der Waals surface area (Å²) >= 11 is 0. The first kappa shape index (κ1) is 24.5. The number of H-pyrrole nitrogens is 1. The molecular weight excluding hydrogens is 524 g/mol. The predicted molar refractivity (Wildman–Crippen MR) is 150 cm³/mol. The smallest absolute Gasteiger partial charge is 0.413 e. The van der Waals surface area contributed by atoms with E-state index in [0.717, 1.165) is 24.0 Å². The molecule has 0 bridgehead atoms. The van der Waals surface area contributed by atoms with Crippen molar-refractivity contribution in [2.24, 2.45) is 0 Å². The number of nitrogens with one attached hydrogen (secondary N) is 3. The summed E-state index contributed by atoms with van der Waals surface area (Å²) < 4.78 is 8.58. The van der Waals surface area contributed by atoms with Gasteiger partial charge in [-0.3, -0.25) is 10.1 Å². The van der Waals surface area contributed by atoms with Gasteiger partial charge in [0.15, 0.2) is 5.82 Å². The Morgan fingerprint density at radius 3 is 2.71 bits per heavy atom. The van der Waals surface area contributed by atoms with E-state index in [-0.39, 0.29) is 24.5 Å². The van der Waals surface area contributed by atoms with E-state index in [1.165, 1.54) is 0 Å². The molecule has 1 aliphatic rings. The monoisotopic (exact) mass is 548 g/mol. The maximum atomic E-state index is 12.6. The van der Waals surface area contributed by atoms with Gasteiger partial charge < -0.3 is 19.6 Å². The molecule has 4 heterocycles. The molecular formula is C28H24N10O3. The van der Waals surface area contributed by atoms with E-state index in [4.69, 9.17) is 9.72 Å². The number of hydrogen-bond donors (Lipinski definition) is 3. The SMILES string of the molecule is CCOC(=O)Nc1nc2ccccc2n1-c1nc2c(-c3ncccn3)cc(-n3cnc(C(=O)NC4CC4)c3)cc2[nH]1. The first-order chi connectivity index (χ1) is 20.1. The van der Waals surface area contributed by atoms with E-state index in [2.05, 4.69) is 35.6 Å². The molecule has 13 heteroatoms. The lowest BCUT2D eigenvalue weighted by Gasteiger charge is -2.07. The number of fused-ring (bicyclic) bond motifs is 2. The number of anilines is 1. The molecule has 0 spiro atoms. The molecule has 204 valence electrons. The number of hydrogen-bond acceptors (Lipinski definition) is 8. The van der Waals surface area contributed by atoms with Crippen LogP contribution in [0.2, 0.25) is 0 Å². The van der Waals surface area contributed by atoms with Crippen molar-refractivity contribution in [3.8, 4) is 23.0 Å².